The van der Waals surface area contributed by atoms with Crippen molar-refractivity contribution in [3.05, 3.63) is 88.1 Å². The third-order valence-corrected chi connectivity index (χ3v) is 9.30. The monoisotopic (exact) mass is 543 g/mol. The van der Waals surface area contributed by atoms with Crippen molar-refractivity contribution in [2.24, 2.45) is 0 Å². The number of hydrogen-bond acceptors (Lipinski definition) is 4. The molecule has 1 fully saturated rings. The van der Waals surface area contributed by atoms with Gasteiger partial charge in [-0.05, 0) is 98.7 Å². The molecule has 0 atom stereocenters. The van der Waals surface area contributed by atoms with Crippen LogP contribution < -0.4 is 0 Å². The highest BCUT2D eigenvalue weighted by Gasteiger charge is 2.32. The molecule has 1 saturated carbocycles. The Balaban J connectivity index is 1.52. The van der Waals surface area contributed by atoms with Crippen LogP contribution in [0.15, 0.2) is 54.7 Å². The molecule has 1 aromatic heterocycles. The van der Waals surface area contributed by atoms with E-state index in [1.54, 1.807) is 0 Å². The van der Waals surface area contributed by atoms with Crippen LogP contribution in [0, 0.1) is 13.8 Å². The summed E-state index contributed by atoms with van der Waals surface area (Å²) in [6.07, 6.45) is 12.1. The average molecular weight is 544 g/mol. The van der Waals surface area contributed by atoms with Crippen LogP contribution in [0.1, 0.15) is 106 Å². The third-order valence-electron chi connectivity index (χ3n) is 9.30. The smallest absolute Gasteiger partial charge is 0.0863 e. The number of aromatic nitrogens is 1. The van der Waals surface area contributed by atoms with Gasteiger partial charge >= 0.3 is 0 Å². The van der Waals surface area contributed by atoms with Crippen LogP contribution in [0.4, 0.5) is 0 Å². The first-order chi connectivity index (χ1) is 19.3. The van der Waals surface area contributed by atoms with E-state index in [9.17, 15) is 5.11 Å². The van der Waals surface area contributed by atoms with Crippen LogP contribution in [0.3, 0.4) is 0 Å². The summed E-state index contributed by atoms with van der Waals surface area (Å²) in [7, 11) is 0. The van der Waals surface area contributed by atoms with Gasteiger partial charge in [-0.3, -0.25) is 4.98 Å². The van der Waals surface area contributed by atoms with Crippen LogP contribution in [0.2, 0.25) is 0 Å². The van der Waals surface area contributed by atoms with Crippen molar-refractivity contribution in [1.29, 1.82) is 0 Å². The summed E-state index contributed by atoms with van der Waals surface area (Å²) < 4.78 is 0. The second-order valence-electron chi connectivity index (χ2n) is 11.8. The predicted octanol–water partition coefficient (Wildman–Crippen LogP) is 8.61. The van der Waals surface area contributed by atoms with E-state index in [0.717, 1.165) is 69.0 Å². The maximum absolute atomic E-state index is 11.0. The Morgan fingerprint density at radius 1 is 0.825 bits per heavy atom. The largest absolute Gasteiger partial charge is 0.390 e. The average Bonchev–Trinajstić information content (AvgIpc) is 2.97. The molecule has 0 saturated heterocycles. The Labute approximate surface area is 242 Å². The van der Waals surface area contributed by atoms with E-state index in [1.165, 1.54) is 39.8 Å². The summed E-state index contributed by atoms with van der Waals surface area (Å²) in [4.78, 5) is 14.9. The van der Waals surface area contributed by atoms with E-state index in [1.807, 2.05) is 13.1 Å². The van der Waals surface area contributed by atoms with Gasteiger partial charge in [-0.1, -0.05) is 75.6 Å². The molecule has 1 heterocycles. The van der Waals surface area contributed by atoms with E-state index in [4.69, 9.17) is 14.8 Å². The number of pyridine rings is 1. The molecular formula is C36H49NO3. The van der Waals surface area contributed by atoms with Gasteiger partial charge in [0.25, 0.3) is 0 Å². The maximum atomic E-state index is 11.0. The quantitative estimate of drug-likeness (QED) is 0.133. The topological polar surface area (TPSA) is 51.6 Å². The SMILES string of the molecule is CCOOCCc1ccc(-c2ccc(C(CC)(CC)c3ccc(CCC4(O)CCCCC4)c(C)c3)cc2C)nc1. The summed E-state index contributed by atoms with van der Waals surface area (Å²) in [5, 5.41) is 11.0. The fraction of sp³-hybridized carbons (Fsp3) is 0.528. The number of benzene rings is 2. The van der Waals surface area contributed by atoms with Crippen molar-refractivity contribution in [3.63, 3.8) is 0 Å². The molecule has 3 aromatic rings. The molecule has 216 valence electrons. The van der Waals surface area contributed by atoms with Crippen molar-refractivity contribution in [3.8, 4) is 11.3 Å². The lowest BCUT2D eigenvalue weighted by atomic mass is 9.69. The maximum Gasteiger partial charge on any atom is 0.0863 e. The normalized spacial score (nSPS) is 15.3. The number of hydrogen-bond donors (Lipinski definition) is 1. The minimum atomic E-state index is -0.466. The van der Waals surface area contributed by atoms with Crippen LogP contribution in [-0.4, -0.2) is 28.9 Å². The van der Waals surface area contributed by atoms with E-state index in [2.05, 4.69) is 76.2 Å². The summed E-state index contributed by atoms with van der Waals surface area (Å²) in [6.45, 7) is 12.1. The first-order valence-electron chi connectivity index (χ1n) is 15.5. The van der Waals surface area contributed by atoms with E-state index in [-0.39, 0.29) is 5.41 Å². The Hall–Kier alpha value is -2.53. The molecule has 4 nitrogen and oxygen atoms in total. The minimum Gasteiger partial charge on any atom is -0.390 e. The summed E-state index contributed by atoms with van der Waals surface area (Å²) in [5.41, 5.74) is 9.52. The minimum absolute atomic E-state index is 0.0357. The summed E-state index contributed by atoms with van der Waals surface area (Å²) >= 11 is 0. The van der Waals surface area contributed by atoms with Crippen LogP contribution in [-0.2, 0) is 28.0 Å². The number of aliphatic hydroxyl groups is 1. The van der Waals surface area contributed by atoms with Gasteiger partial charge in [-0.15, -0.1) is 0 Å². The molecule has 0 radical (unpaired) electrons. The Kier molecular flexibility index (Phi) is 10.6. The molecule has 1 aliphatic rings. The molecule has 4 rings (SSSR count). The van der Waals surface area contributed by atoms with Crippen LogP contribution >= 0.6 is 0 Å². The zero-order chi connectivity index (χ0) is 28.6. The highest BCUT2D eigenvalue weighted by molar-refractivity contribution is 5.65. The zero-order valence-corrected chi connectivity index (χ0v) is 25.4. The highest BCUT2D eigenvalue weighted by atomic mass is 17.2. The van der Waals surface area contributed by atoms with Gasteiger partial charge in [0.05, 0.1) is 24.5 Å². The van der Waals surface area contributed by atoms with Gasteiger partial charge in [0.2, 0.25) is 0 Å². The number of aryl methyl sites for hydroxylation is 3. The molecule has 0 aliphatic heterocycles. The lowest BCUT2D eigenvalue weighted by Gasteiger charge is -2.35. The van der Waals surface area contributed by atoms with E-state index < -0.39 is 5.60 Å². The first-order valence-corrected chi connectivity index (χ1v) is 15.5. The van der Waals surface area contributed by atoms with Crippen molar-refractivity contribution in [2.45, 2.75) is 110 Å². The summed E-state index contributed by atoms with van der Waals surface area (Å²) in [5.74, 6) is 0. The molecule has 40 heavy (non-hydrogen) atoms. The molecule has 4 heteroatoms. The van der Waals surface area contributed by atoms with Gasteiger partial charge in [-0.25, -0.2) is 9.78 Å². The second-order valence-corrected chi connectivity index (χ2v) is 11.8. The Morgan fingerprint density at radius 3 is 2.12 bits per heavy atom. The molecule has 0 bridgehead atoms. The fourth-order valence-electron chi connectivity index (χ4n) is 6.62. The van der Waals surface area contributed by atoms with Gasteiger partial charge in [0.1, 0.15) is 0 Å². The zero-order valence-electron chi connectivity index (χ0n) is 25.4. The lowest BCUT2D eigenvalue weighted by molar-refractivity contribution is -0.290. The van der Waals surface area contributed by atoms with Gasteiger partial charge in [0.15, 0.2) is 0 Å². The Morgan fingerprint density at radius 2 is 1.52 bits per heavy atom. The molecule has 0 amide bonds. The second kappa shape index (κ2) is 13.9. The van der Waals surface area contributed by atoms with Crippen LogP contribution in [0.5, 0.6) is 0 Å². The standard InChI is InChI=1S/C36H49NO3/c1-6-36(7-2,31-14-13-30(27(4)24-31)18-22-35(38)20-10-9-11-21-35)32-15-16-33(28(5)25-32)34-17-12-29(26-37-34)19-23-40-39-8-3/h12-17,24-26,38H,6-11,18-23H2,1-5H3. The van der Waals surface area contributed by atoms with Crippen molar-refractivity contribution in [2.75, 3.05) is 13.2 Å². The number of rotatable bonds is 13. The molecule has 1 aliphatic carbocycles. The Bertz CT molecular complexity index is 1220. The highest BCUT2D eigenvalue weighted by Crippen LogP contribution is 2.41. The molecule has 2 aromatic carbocycles. The third kappa shape index (κ3) is 7.02. The fourth-order valence-corrected chi connectivity index (χ4v) is 6.62. The lowest BCUT2D eigenvalue weighted by Crippen LogP contribution is -2.31. The predicted molar refractivity (Wildman–Crippen MR) is 165 cm³/mol. The van der Waals surface area contributed by atoms with Gasteiger partial charge in [0, 0.05) is 23.6 Å². The van der Waals surface area contributed by atoms with Gasteiger partial charge < -0.3 is 5.11 Å². The van der Waals surface area contributed by atoms with Crippen molar-refractivity contribution in [1.82, 2.24) is 4.98 Å². The number of nitrogens with zero attached hydrogens (tertiary/aromatic N) is 1. The molecular weight excluding hydrogens is 494 g/mol. The van der Waals surface area contributed by atoms with E-state index in [0.29, 0.717) is 13.2 Å². The van der Waals surface area contributed by atoms with Crippen molar-refractivity contribution < 1.29 is 14.9 Å². The molecule has 1 N–H and O–H groups in total. The molecule has 0 unspecified atom stereocenters. The molecule has 0 spiro atoms. The van der Waals surface area contributed by atoms with Crippen molar-refractivity contribution >= 4 is 0 Å². The van der Waals surface area contributed by atoms with Gasteiger partial charge in [-0.2, -0.15) is 0 Å². The van der Waals surface area contributed by atoms with E-state index >= 15 is 0 Å². The summed E-state index contributed by atoms with van der Waals surface area (Å²) in [6, 6.07) is 18.2. The first kappa shape index (κ1) is 30.4. The van der Waals surface area contributed by atoms with Crippen LogP contribution in [0.25, 0.3) is 11.3 Å².